The smallest absolute Gasteiger partial charge is 0.287 e. The summed E-state index contributed by atoms with van der Waals surface area (Å²) >= 11 is 6.14. The van der Waals surface area contributed by atoms with Crippen molar-refractivity contribution in [2.45, 2.75) is 44.7 Å². The van der Waals surface area contributed by atoms with E-state index in [1.165, 1.54) is 25.9 Å². The standard InChI is InChI=1S/C37H38ClN3O6/c1-45-33-20-29-31(42)21-35(47-32(29)22-34(33)46-2)37(44)39-28(18-24-9-11-27(38)12-10-24)19-25-13-16-40(17-14-25)30-7-4-3-6-26(30)23-41-15-5-8-36(41)43/h3-4,6-7,9-12,19-22,28H,5,8,13-18,23H2,1-2H3,(H,39,44)/t28-/m1/s1. The fourth-order valence-electron chi connectivity index (χ4n) is 6.38. The number of hydrogen-bond acceptors (Lipinski definition) is 7. The average Bonchev–Trinajstić information content (AvgIpc) is 3.49. The van der Waals surface area contributed by atoms with Crippen LogP contribution in [0.5, 0.6) is 11.5 Å². The van der Waals surface area contributed by atoms with E-state index in [1.807, 2.05) is 41.3 Å². The molecule has 0 unspecified atom stereocenters. The molecule has 10 heteroatoms. The monoisotopic (exact) mass is 655 g/mol. The molecule has 0 saturated carbocycles. The van der Waals surface area contributed by atoms with Gasteiger partial charge in [0.25, 0.3) is 5.91 Å². The first-order valence-electron chi connectivity index (χ1n) is 15.9. The van der Waals surface area contributed by atoms with Gasteiger partial charge in [0.15, 0.2) is 22.7 Å². The van der Waals surface area contributed by atoms with Crippen molar-refractivity contribution in [1.82, 2.24) is 10.2 Å². The molecule has 47 heavy (non-hydrogen) atoms. The number of piperidine rings is 1. The summed E-state index contributed by atoms with van der Waals surface area (Å²) in [4.78, 5) is 43.2. The highest BCUT2D eigenvalue weighted by Gasteiger charge is 2.24. The Hall–Kier alpha value is -4.76. The summed E-state index contributed by atoms with van der Waals surface area (Å²) in [5.41, 5.74) is 4.45. The minimum Gasteiger partial charge on any atom is -0.493 e. The lowest BCUT2D eigenvalue weighted by molar-refractivity contribution is -0.128. The van der Waals surface area contributed by atoms with E-state index in [-0.39, 0.29) is 28.7 Å². The van der Waals surface area contributed by atoms with Crippen molar-refractivity contribution < 1.29 is 23.5 Å². The lowest BCUT2D eigenvalue weighted by atomic mass is 9.97. The van der Waals surface area contributed by atoms with E-state index in [4.69, 9.17) is 25.5 Å². The highest BCUT2D eigenvalue weighted by molar-refractivity contribution is 6.30. The maximum atomic E-state index is 13.6. The van der Waals surface area contributed by atoms with Crippen molar-refractivity contribution >= 4 is 40.1 Å². The average molecular weight is 656 g/mol. The van der Waals surface area contributed by atoms with Gasteiger partial charge in [0.05, 0.1) is 25.6 Å². The predicted molar refractivity (Wildman–Crippen MR) is 183 cm³/mol. The van der Waals surface area contributed by atoms with Gasteiger partial charge in [-0.1, -0.05) is 53.6 Å². The molecule has 2 aliphatic heterocycles. The number of para-hydroxylation sites is 1. The van der Waals surface area contributed by atoms with Crippen LogP contribution < -0.4 is 25.1 Å². The van der Waals surface area contributed by atoms with Crippen LogP contribution in [0.4, 0.5) is 5.69 Å². The van der Waals surface area contributed by atoms with Crippen molar-refractivity contribution in [2.24, 2.45) is 0 Å². The molecule has 1 atom stereocenters. The molecule has 0 aliphatic carbocycles. The van der Waals surface area contributed by atoms with Crippen LogP contribution in [0.2, 0.25) is 5.02 Å². The highest BCUT2D eigenvalue weighted by Crippen LogP contribution is 2.32. The van der Waals surface area contributed by atoms with E-state index in [0.717, 1.165) is 55.7 Å². The van der Waals surface area contributed by atoms with Gasteiger partial charge in [-0.15, -0.1) is 0 Å². The summed E-state index contributed by atoms with van der Waals surface area (Å²) in [5.74, 6) is 0.440. The van der Waals surface area contributed by atoms with E-state index in [2.05, 4.69) is 28.4 Å². The zero-order chi connectivity index (χ0) is 32.9. The Morgan fingerprint density at radius 3 is 2.38 bits per heavy atom. The summed E-state index contributed by atoms with van der Waals surface area (Å²) in [6, 6.07) is 19.8. The van der Waals surface area contributed by atoms with Gasteiger partial charge in [0.2, 0.25) is 5.91 Å². The molecule has 1 N–H and O–H groups in total. The molecule has 0 bridgehead atoms. The zero-order valence-corrected chi connectivity index (χ0v) is 27.3. The molecule has 3 heterocycles. The Morgan fingerprint density at radius 2 is 1.68 bits per heavy atom. The lowest BCUT2D eigenvalue weighted by Gasteiger charge is -2.33. The molecule has 6 rings (SSSR count). The number of nitrogens with one attached hydrogen (secondary N) is 1. The highest BCUT2D eigenvalue weighted by atomic mass is 35.5. The second kappa shape index (κ2) is 14.3. The number of benzene rings is 3. The van der Waals surface area contributed by atoms with Crippen LogP contribution in [-0.4, -0.2) is 56.6 Å². The predicted octanol–water partition coefficient (Wildman–Crippen LogP) is 6.15. The van der Waals surface area contributed by atoms with Gasteiger partial charge in [0, 0.05) is 55.4 Å². The van der Waals surface area contributed by atoms with Gasteiger partial charge in [-0.25, -0.2) is 0 Å². The molecule has 3 aromatic carbocycles. The largest absolute Gasteiger partial charge is 0.493 e. The minimum atomic E-state index is -0.488. The Labute approximate surface area is 278 Å². The van der Waals surface area contributed by atoms with Gasteiger partial charge in [-0.05, 0) is 61.1 Å². The summed E-state index contributed by atoms with van der Waals surface area (Å²) in [6.07, 6.45) is 5.87. The molecule has 0 radical (unpaired) electrons. The molecule has 2 aliphatic rings. The molecular weight excluding hydrogens is 618 g/mol. The quantitative estimate of drug-likeness (QED) is 0.204. The normalized spacial score (nSPS) is 15.6. The number of rotatable bonds is 10. The number of amides is 2. The zero-order valence-electron chi connectivity index (χ0n) is 26.6. The maximum absolute atomic E-state index is 13.6. The Balaban J connectivity index is 1.21. The number of carbonyl (C=O) groups is 2. The second-order valence-corrected chi connectivity index (χ2v) is 12.4. The third-order valence-corrected chi connectivity index (χ3v) is 9.10. The molecule has 2 saturated heterocycles. The summed E-state index contributed by atoms with van der Waals surface area (Å²) < 4.78 is 16.6. The van der Waals surface area contributed by atoms with Gasteiger partial charge in [-0.2, -0.15) is 0 Å². The molecule has 2 amide bonds. The number of anilines is 1. The molecule has 2 fully saturated rings. The van der Waals surface area contributed by atoms with Gasteiger partial charge >= 0.3 is 0 Å². The van der Waals surface area contributed by atoms with Crippen LogP contribution in [0, 0.1) is 0 Å². The lowest BCUT2D eigenvalue weighted by Crippen LogP contribution is -2.37. The Morgan fingerprint density at radius 1 is 0.957 bits per heavy atom. The second-order valence-electron chi connectivity index (χ2n) is 11.9. The minimum absolute atomic E-state index is 0.0860. The maximum Gasteiger partial charge on any atom is 0.287 e. The van der Waals surface area contributed by atoms with Gasteiger partial charge < -0.3 is 29.0 Å². The number of nitrogens with zero attached hydrogens (tertiary/aromatic N) is 2. The van der Waals surface area contributed by atoms with Crippen LogP contribution in [0.15, 0.2) is 87.6 Å². The van der Waals surface area contributed by atoms with E-state index >= 15 is 0 Å². The van der Waals surface area contributed by atoms with Gasteiger partial charge in [-0.3, -0.25) is 14.4 Å². The van der Waals surface area contributed by atoms with E-state index < -0.39 is 5.91 Å². The SMILES string of the molecule is COc1cc2oc(C(=O)N[C@@H](C=C3CCN(c4ccccc4CN4CCCC4=O)CC3)Cc3ccc(Cl)cc3)cc(=O)c2cc1OC. The molecule has 0 spiro atoms. The third kappa shape index (κ3) is 7.46. The first kappa shape index (κ1) is 32.2. The van der Waals surface area contributed by atoms with Crippen LogP contribution in [0.1, 0.15) is 47.4 Å². The summed E-state index contributed by atoms with van der Waals surface area (Å²) in [5, 5.41) is 4.02. The number of halogens is 1. The van der Waals surface area contributed by atoms with Crippen LogP contribution in [0.3, 0.4) is 0 Å². The topological polar surface area (TPSA) is 101 Å². The number of ether oxygens (including phenoxy) is 2. The van der Waals surface area contributed by atoms with Crippen molar-refractivity contribution in [1.29, 1.82) is 0 Å². The first-order chi connectivity index (χ1) is 22.8. The molecule has 4 aromatic rings. The van der Waals surface area contributed by atoms with Crippen LogP contribution in [0.25, 0.3) is 11.0 Å². The van der Waals surface area contributed by atoms with E-state index in [9.17, 15) is 14.4 Å². The number of carbonyl (C=O) groups excluding carboxylic acids is 2. The molecule has 244 valence electrons. The fraction of sp³-hybridized carbons (Fsp3) is 0.324. The fourth-order valence-corrected chi connectivity index (χ4v) is 6.50. The summed E-state index contributed by atoms with van der Waals surface area (Å²) in [6.45, 7) is 3.09. The van der Waals surface area contributed by atoms with Crippen molar-refractivity contribution in [3.05, 3.63) is 111 Å². The Kier molecular flexibility index (Phi) is 9.82. The summed E-state index contributed by atoms with van der Waals surface area (Å²) in [7, 11) is 2.98. The number of hydrogen-bond donors (Lipinski definition) is 1. The molecule has 1 aromatic heterocycles. The van der Waals surface area contributed by atoms with Gasteiger partial charge in [0.1, 0.15) is 5.58 Å². The van der Waals surface area contributed by atoms with Crippen LogP contribution >= 0.6 is 11.6 Å². The van der Waals surface area contributed by atoms with E-state index in [0.29, 0.717) is 41.3 Å². The molecule has 9 nitrogen and oxygen atoms in total. The number of fused-ring (bicyclic) bond motifs is 1. The van der Waals surface area contributed by atoms with Crippen molar-refractivity contribution in [3.8, 4) is 11.5 Å². The van der Waals surface area contributed by atoms with Crippen molar-refractivity contribution in [3.63, 3.8) is 0 Å². The third-order valence-electron chi connectivity index (χ3n) is 8.85. The molecular formula is C37H38ClN3O6. The number of likely N-dealkylation sites (tertiary alicyclic amines) is 1. The van der Waals surface area contributed by atoms with Crippen molar-refractivity contribution in [2.75, 3.05) is 38.8 Å². The first-order valence-corrected chi connectivity index (χ1v) is 16.2. The number of methoxy groups -OCH3 is 2. The van der Waals surface area contributed by atoms with Crippen LogP contribution in [-0.2, 0) is 17.8 Å². The Bertz CT molecular complexity index is 1860. The van der Waals surface area contributed by atoms with E-state index in [1.54, 1.807) is 12.1 Å².